The normalized spacial score (nSPS) is 23.7. The van der Waals surface area contributed by atoms with E-state index in [1.807, 2.05) is 6.92 Å². The van der Waals surface area contributed by atoms with Crippen LogP contribution in [0, 0.1) is 0 Å². The third kappa shape index (κ3) is 2.93. The van der Waals surface area contributed by atoms with Crippen LogP contribution < -0.4 is 5.32 Å². The Morgan fingerprint density at radius 3 is 2.37 bits per heavy atom. The van der Waals surface area contributed by atoms with E-state index < -0.39 is 23.4 Å². The van der Waals surface area contributed by atoms with E-state index in [0.717, 1.165) is 4.90 Å². The van der Waals surface area contributed by atoms with Crippen LogP contribution >= 0.6 is 0 Å². The predicted octanol–water partition coefficient (Wildman–Crippen LogP) is 0.287. The number of rotatable bonds is 7. The number of barbiturate groups is 1. The zero-order valence-corrected chi connectivity index (χ0v) is 11.5. The molecule has 1 saturated heterocycles. The van der Waals surface area contributed by atoms with E-state index in [0.29, 0.717) is 13.2 Å². The van der Waals surface area contributed by atoms with Crippen molar-refractivity contribution in [3.63, 3.8) is 0 Å². The van der Waals surface area contributed by atoms with Gasteiger partial charge in [0.1, 0.15) is 0 Å². The molecule has 0 aliphatic carbocycles. The van der Waals surface area contributed by atoms with Crippen LogP contribution in [0.25, 0.3) is 0 Å². The Balaban J connectivity index is 2.85. The molecule has 4 amide bonds. The van der Waals surface area contributed by atoms with Crippen LogP contribution in [0.4, 0.5) is 4.79 Å². The summed E-state index contributed by atoms with van der Waals surface area (Å²) in [5, 5.41) is 2.15. The minimum absolute atomic E-state index is 0.118. The fourth-order valence-corrected chi connectivity index (χ4v) is 1.92. The molecule has 0 bridgehead atoms. The molecule has 0 radical (unpaired) electrons. The summed E-state index contributed by atoms with van der Waals surface area (Å²) >= 11 is 0. The van der Waals surface area contributed by atoms with Crippen molar-refractivity contribution in [3.05, 3.63) is 0 Å². The van der Waals surface area contributed by atoms with Crippen LogP contribution in [-0.4, -0.2) is 54.7 Å². The number of amides is 4. The van der Waals surface area contributed by atoms with Crippen LogP contribution in [0.5, 0.6) is 0 Å². The second-order valence-corrected chi connectivity index (χ2v) is 4.03. The van der Waals surface area contributed by atoms with Gasteiger partial charge in [0.2, 0.25) is 5.60 Å². The molecule has 1 heterocycles. The molecule has 0 saturated carbocycles. The molecule has 1 unspecified atom stereocenters. The number of carbonyl (C=O) groups excluding carboxylic acids is 3. The first-order chi connectivity index (χ1) is 9.03. The van der Waals surface area contributed by atoms with Crippen molar-refractivity contribution in [2.24, 2.45) is 0 Å². The third-order valence-corrected chi connectivity index (χ3v) is 3.02. The monoisotopic (exact) mass is 272 g/mol. The van der Waals surface area contributed by atoms with Crippen LogP contribution in [-0.2, 0) is 19.1 Å². The van der Waals surface area contributed by atoms with Crippen LogP contribution in [0.15, 0.2) is 0 Å². The Morgan fingerprint density at radius 1 is 1.16 bits per heavy atom. The van der Waals surface area contributed by atoms with Gasteiger partial charge in [-0.05, 0) is 20.3 Å². The number of imide groups is 2. The van der Waals surface area contributed by atoms with Crippen molar-refractivity contribution in [2.45, 2.75) is 32.8 Å². The Labute approximate surface area is 112 Å². The summed E-state index contributed by atoms with van der Waals surface area (Å²) in [4.78, 5) is 36.7. The zero-order valence-electron chi connectivity index (χ0n) is 11.5. The smallest absolute Gasteiger partial charge is 0.330 e. The molecule has 108 valence electrons. The van der Waals surface area contributed by atoms with Crippen molar-refractivity contribution in [1.82, 2.24) is 10.2 Å². The van der Waals surface area contributed by atoms with Gasteiger partial charge in [0, 0.05) is 13.2 Å². The van der Waals surface area contributed by atoms with Gasteiger partial charge in [0.05, 0.1) is 13.2 Å². The maximum atomic E-state index is 12.3. The lowest BCUT2D eigenvalue weighted by atomic mass is 9.95. The first-order valence-corrected chi connectivity index (χ1v) is 6.42. The molecular weight excluding hydrogens is 252 g/mol. The second kappa shape index (κ2) is 6.63. The van der Waals surface area contributed by atoms with Gasteiger partial charge < -0.3 is 9.47 Å². The number of carbonyl (C=O) groups is 3. The van der Waals surface area contributed by atoms with Gasteiger partial charge in [0.15, 0.2) is 0 Å². The molecule has 1 rings (SSSR count). The summed E-state index contributed by atoms with van der Waals surface area (Å²) in [5.74, 6) is -1.31. The van der Waals surface area contributed by atoms with Crippen molar-refractivity contribution >= 4 is 17.8 Å². The summed E-state index contributed by atoms with van der Waals surface area (Å²) in [6.45, 7) is 6.30. The molecule has 1 aliphatic heterocycles. The van der Waals surface area contributed by atoms with Gasteiger partial charge in [-0.3, -0.25) is 19.8 Å². The molecule has 1 atom stereocenters. The highest BCUT2D eigenvalue weighted by molar-refractivity contribution is 6.21. The lowest BCUT2D eigenvalue weighted by Gasteiger charge is -2.37. The van der Waals surface area contributed by atoms with Crippen molar-refractivity contribution in [3.8, 4) is 0 Å². The first kappa shape index (κ1) is 15.6. The lowest BCUT2D eigenvalue weighted by Crippen LogP contribution is -2.68. The van der Waals surface area contributed by atoms with Crippen LogP contribution in [0.2, 0.25) is 0 Å². The topological polar surface area (TPSA) is 84.9 Å². The number of nitrogens with one attached hydrogen (secondary N) is 1. The lowest BCUT2D eigenvalue weighted by molar-refractivity contribution is -0.171. The quantitative estimate of drug-likeness (QED) is 0.532. The maximum Gasteiger partial charge on any atom is 0.330 e. The molecule has 7 heteroatoms. The van der Waals surface area contributed by atoms with Crippen molar-refractivity contribution in [1.29, 1.82) is 0 Å². The maximum absolute atomic E-state index is 12.3. The molecule has 1 fully saturated rings. The van der Waals surface area contributed by atoms with E-state index in [4.69, 9.17) is 9.47 Å². The van der Waals surface area contributed by atoms with Gasteiger partial charge in [-0.1, -0.05) is 6.92 Å². The number of likely N-dealkylation sites (N-methyl/N-ethyl adjacent to an activating group) is 1. The summed E-state index contributed by atoms with van der Waals surface area (Å²) in [5.41, 5.74) is -1.62. The number of hydrogen-bond donors (Lipinski definition) is 1. The van der Waals surface area contributed by atoms with Crippen LogP contribution in [0.1, 0.15) is 27.2 Å². The highest BCUT2D eigenvalue weighted by Crippen LogP contribution is 2.23. The Bertz CT molecular complexity index is 371. The highest BCUT2D eigenvalue weighted by atomic mass is 16.5. The molecule has 1 aliphatic rings. The van der Waals surface area contributed by atoms with E-state index in [2.05, 4.69) is 5.32 Å². The zero-order chi connectivity index (χ0) is 14.5. The van der Waals surface area contributed by atoms with Gasteiger partial charge >= 0.3 is 6.03 Å². The van der Waals surface area contributed by atoms with Gasteiger partial charge in [-0.25, -0.2) is 4.79 Å². The van der Waals surface area contributed by atoms with Crippen LogP contribution in [0.3, 0.4) is 0 Å². The predicted molar refractivity (Wildman–Crippen MR) is 66.4 cm³/mol. The number of hydrogen-bond acceptors (Lipinski definition) is 5. The summed E-state index contributed by atoms with van der Waals surface area (Å²) in [6.07, 6.45) is 0.160. The molecule has 1 N–H and O–H groups in total. The largest absolute Gasteiger partial charge is 0.379 e. The Kier molecular flexibility index (Phi) is 5.44. The molecule has 0 aromatic rings. The third-order valence-electron chi connectivity index (χ3n) is 3.02. The van der Waals surface area contributed by atoms with Crippen molar-refractivity contribution in [2.75, 3.05) is 26.4 Å². The SMILES string of the molecule is CCOCCOC1(CC)C(=O)NC(=O)N(CC)C1=O. The summed E-state index contributed by atoms with van der Waals surface area (Å²) < 4.78 is 10.6. The van der Waals surface area contributed by atoms with E-state index in [9.17, 15) is 14.4 Å². The Morgan fingerprint density at radius 2 is 1.84 bits per heavy atom. The molecule has 7 nitrogen and oxygen atoms in total. The van der Waals surface area contributed by atoms with Gasteiger partial charge in [-0.15, -0.1) is 0 Å². The van der Waals surface area contributed by atoms with E-state index in [-0.39, 0.29) is 19.6 Å². The van der Waals surface area contributed by atoms with Gasteiger partial charge in [0.25, 0.3) is 11.8 Å². The van der Waals surface area contributed by atoms with E-state index >= 15 is 0 Å². The minimum Gasteiger partial charge on any atom is -0.379 e. The molecular formula is C12H20N2O5. The Hall–Kier alpha value is -1.47. The number of ether oxygens (including phenoxy) is 2. The van der Waals surface area contributed by atoms with Gasteiger partial charge in [-0.2, -0.15) is 0 Å². The standard InChI is InChI=1S/C12H20N2O5/c1-4-12(19-8-7-18-6-3)9(15)13-11(17)14(5-2)10(12)16/h4-8H2,1-3H3,(H,13,15,17). The average molecular weight is 272 g/mol. The average Bonchev–Trinajstić information content (AvgIpc) is 2.38. The number of nitrogens with zero attached hydrogens (tertiary/aromatic N) is 1. The number of urea groups is 1. The fraction of sp³-hybridized carbons (Fsp3) is 0.750. The first-order valence-electron chi connectivity index (χ1n) is 6.42. The molecule has 0 spiro atoms. The molecule has 19 heavy (non-hydrogen) atoms. The summed E-state index contributed by atoms with van der Waals surface area (Å²) in [7, 11) is 0. The highest BCUT2D eigenvalue weighted by Gasteiger charge is 2.53. The minimum atomic E-state index is -1.62. The fourth-order valence-electron chi connectivity index (χ4n) is 1.92. The second-order valence-electron chi connectivity index (χ2n) is 4.03. The van der Waals surface area contributed by atoms with E-state index in [1.165, 1.54) is 0 Å². The molecule has 0 aromatic heterocycles. The van der Waals surface area contributed by atoms with Crippen molar-refractivity contribution < 1.29 is 23.9 Å². The summed E-state index contributed by atoms with van der Waals surface area (Å²) in [6, 6.07) is -0.699. The molecule has 0 aromatic carbocycles. The van der Waals surface area contributed by atoms with E-state index in [1.54, 1.807) is 13.8 Å².